The van der Waals surface area contributed by atoms with Crippen LogP contribution in [0.25, 0.3) is 10.9 Å². The summed E-state index contributed by atoms with van der Waals surface area (Å²) in [6.07, 6.45) is 1.73. The summed E-state index contributed by atoms with van der Waals surface area (Å²) in [5.41, 5.74) is 2.34. The molecule has 3 aromatic rings. The van der Waals surface area contributed by atoms with E-state index in [4.69, 9.17) is 23.2 Å². The standard InChI is InChI=1S/C13H8Cl2N4/c14-12-6-11(13(15)19-18-12)17-9-5-8-3-1-2-4-10(8)16-7-9/h1-7H,(H,17,18). The maximum atomic E-state index is 5.95. The first-order valence-electron chi connectivity index (χ1n) is 5.53. The van der Waals surface area contributed by atoms with Crippen molar-refractivity contribution in [2.75, 3.05) is 5.32 Å². The van der Waals surface area contributed by atoms with Crippen LogP contribution in [0, 0.1) is 0 Å². The number of aromatic nitrogens is 3. The van der Waals surface area contributed by atoms with Gasteiger partial charge in [-0.05, 0) is 12.1 Å². The molecule has 0 aliphatic heterocycles. The van der Waals surface area contributed by atoms with E-state index in [0.717, 1.165) is 16.6 Å². The van der Waals surface area contributed by atoms with E-state index in [1.54, 1.807) is 12.3 Å². The average Bonchev–Trinajstić information content (AvgIpc) is 2.43. The minimum atomic E-state index is 0.262. The third-order valence-electron chi connectivity index (χ3n) is 2.59. The molecule has 4 nitrogen and oxygen atoms in total. The highest BCUT2D eigenvalue weighted by Crippen LogP contribution is 2.26. The molecule has 0 aliphatic carbocycles. The third kappa shape index (κ3) is 2.59. The Labute approximate surface area is 119 Å². The van der Waals surface area contributed by atoms with Gasteiger partial charge >= 0.3 is 0 Å². The topological polar surface area (TPSA) is 50.7 Å². The Kier molecular flexibility index (Phi) is 3.19. The zero-order valence-corrected chi connectivity index (χ0v) is 11.2. The third-order valence-corrected chi connectivity index (χ3v) is 3.05. The number of para-hydroxylation sites is 1. The Balaban J connectivity index is 1.98. The molecular formula is C13H8Cl2N4. The largest absolute Gasteiger partial charge is 0.352 e. The summed E-state index contributed by atoms with van der Waals surface area (Å²) in [4.78, 5) is 4.35. The van der Waals surface area contributed by atoms with Gasteiger partial charge in [-0.25, -0.2) is 0 Å². The highest BCUT2D eigenvalue weighted by atomic mass is 35.5. The van der Waals surface area contributed by atoms with Crippen molar-refractivity contribution in [3.05, 3.63) is 52.9 Å². The molecule has 0 unspecified atom stereocenters. The Morgan fingerprint density at radius 1 is 1.00 bits per heavy atom. The Bertz CT molecular complexity index is 746. The van der Waals surface area contributed by atoms with Gasteiger partial charge in [-0.3, -0.25) is 4.98 Å². The maximum absolute atomic E-state index is 5.95. The normalized spacial score (nSPS) is 10.6. The van der Waals surface area contributed by atoms with E-state index in [1.165, 1.54) is 0 Å². The van der Waals surface area contributed by atoms with Crippen molar-refractivity contribution in [1.82, 2.24) is 15.2 Å². The van der Waals surface area contributed by atoms with Crippen LogP contribution < -0.4 is 5.32 Å². The van der Waals surface area contributed by atoms with Crippen LogP contribution >= 0.6 is 23.2 Å². The molecular weight excluding hydrogens is 283 g/mol. The van der Waals surface area contributed by atoms with Crippen molar-refractivity contribution < 1.29 is 0 Å². The van der Waals surface area contributed by atoms with Gasteiger partial charge in [0.05, 0.1) is 23.1 Å². The first-order valence-corrected chi connectivity index (χ1v) is 6.28. The lowest BCUT2D eigenvalue weighted by Gasteiger charge is -2.08. The fraction of sp³-hybridized carbons (Fsp3) is 0. The number of anilines is 2. The van der Waals surface area contributed by atoms with Gasteiger partial charge in [-0.2, -0.15) is 0 Å². The van der Waals surface area contributed by atoms with Gasteiger partial charge in [0.25, 0.3) is 0 Å². The molecule has 0 atom stereocenters. The van der Waals surface area contributed by atoms with Crippen molar-refractivity contribution in [3.63, 3.8) is 0 Å². The fourth-order valence-corrected chi connectivity index (χ4v) is 2.02. The van der Waals surface area contributed by atoms with Crippen LogP contribution in [0.2, 0.25) is 10.3 Å². The van der Waals surface area contributed by atoms with E-state index >= 15 is 0 Å². The first-order chi connectivity index (χ1) is 9.22. The predicted molar refractivity (Wildman–Crippen MR) is 77.1 cm³/mol. The molecule has 0 aliphatic rings. The van der Waals surface area contributed by atoms with Crippen LogP contribution in [0.4, 0.5) is 11.4 Å². The monoisotopic (exact) mass is 290 g/mol. The van der Waals surface area contributed by atoms with Crippen molar-refractivity contribution in [2.24, 2.45) is 0 Å². The Hall–Kier alpha value is -1.91. The number of nitrogens with one attached hydrogen (secondary N) is 1. The lowest BCUT2D eigenvalue weighted by molar-refractivity contribution is 1.03. The van der Waals surface area contributed by atoms with Crippen molar-refractivity contribution in [1.29, 1.82) is 0 Å². The van der Waals surface area contributed by atoms with Crippen LogP contribution in [0.1, 0.15) is 0 Å². The van der Waals surface area contributed by atoms with Crippen LogP contribution in [-0.2, 0) is 0 Å². The van der Waals surface area contributed by atoms with Crippen LogP contribution in [0.15, 0.2) is 42.6 Å². The number of halogens is 2. The van der Waals surface area contributed by atoms with Gasteiger partial charge < -0.3 is 5.32 Å². The number of fused-ring (bicyclic) bond motifs is 1. The number of rotatable bonds is 2. The number of hydrogen-bond donors (Lipinski definition) is 1. The number of nitrogens with zero attached hydrogens (tertiary/aromatic N) is 3. The molecule has 0 saturated carbocycles. The average molecular weight is 291 g/mol. The van der Waals surface area contributed by atoms with Crippen molar-refractivity contribution in [3.8, 4) is 0 Å². The minimum absolute atomic E-state index is 0.262. The van der Waals surface area contributed by atoms with Gasteiger partial charge in [-0.15, -0.1) is 10.2 Å². The lowest BCUT2D eigenvalue weighted by Crippen LogP contribution is -1.95. The lowest BCUT2D eigenvalue weighted by atomic mass is 10.2. The minimum Gasteiger partial charge on any atom is -0.352 e. The van der Waals surface area contributed by atoms with Gasteiger partial charge in [0.15, 0.2) is 10.3 Å². The summed E-state index contributed by atoms with van der Waals surface area (Å²) in [6, 6.07) is 11.5. The molecule has 0 amide bonds. The van der Waals surface area contributed by atoms with E-state index in [-0.39, 0.29) is 10.3 Å². The summed E-state index contributed by atoms with van der Waals surface area (Å²) < 4.78 is 0. The molecule has 1 aromatic carbocycles. The zero-order chi connectivity index (χ0) is 13.2. The van der Waals surface area contributed by atoms with Gasteiger partial charge in [0.1, 0.15) is 0 Å². The van der Waals surface area contributed by atoms with Gasteiger partial charge in [0.2, 0.25) is 0 Å². The molecule has 2 heterocycles. The van der Waals surface area contributed by atoms with Gasteiger partial charge in [0, 0.05) is 11.5 Å². The van der Waals surface area contributed by atoms with Gasteiger partial charge in [-0.1, -0.05) is 41.4 Å². The summed E-state index contributed by atoms with van der Waals surface area (Å²) >= 11 is 11.7. The fourth-order valence-electron chi connectivity index (χ4n) is 1.74. The molecule has 0 radical (unpaired) electrons. The van der Waals surface area contributed by atoms with E-state index in [0.29, 0.717) is 5.69 Å². The van der Waals surface area contributed by atoms with E-state index in [1.807, 2.05) is 30.3 Å². The highest BCUT2D eigenvalue weighted by molar-refractivity contribution is 6.33. The molecule has 0 bridgehead atoms. The zero-order valence-electron chi connectivity index (χ0n) is 9.64. The summed E-state index contributed by atoms with van der Waals surface area (Å²) in [5, 5.41) is 12.1. The van der Waals surface area contributed by atoms with Crippen LogP contribution in [0.3, 0.4) is 0 Å². The highest BCUT2D eigenvalue weighted by Gasteiger charge is 2.05. The number of hydrogen-bond acceptors (Lipinski definition) is 4. The van der Waals surface area contributed by atoms with Crippen LogP contribution in [0.5, 0.6) is 0 Å². The molecule has 0 saturated heterocycles. The Morgan fingerprint density at radius 2 is 1.84 bits per heavy atom. The quantitative estimate of drug-likeness (QED) is 0.773. The second-order valence-electron chi connectivity index (χ2n) is 3.91. The number of pyridine rings is 1. The van der Waals surface area contributed by atoms with E-state index in [9.17, 15) is 0 Å². The smallest absolute Gasteiger partial charge is 0.175 e. The predicted octanol–water partition coefficient (Wildman–Crippen LogP) is 4.08. The van der Waals surface area contributed by atoms with Crippen LogP contribution in [-0.4, -0.2) is 15.2 Å². The molecule has 0 fully saturated rings. The molecule has 6 heteroatoms. The molecule has 1 N–H and O–H groups in total. The second kappa shape index (κ2) is 4.99. The summed E-state index contributed by atoms with van der Waals surface area (Å²) in [5.74, 6) is 0. The molecule has 0 spiro atoms. The second-order valence-corrected chi connectivity index (χ2v) is 4.66. The summed E-state index contributed by atoms with van der Waals surface area (Å²) in [6.45, 7) is 0. The Morgan fingerprint density at radius 3 is 2.74 bits per heavy atom. The van der Waals surface area contributed by atoms with E-state index in [2.05, 4.69) is 20.5 Å². The molecule has 3 rings (SSSR count). The molecule has 94 valence electrons. The van der Waals surface area contributed by atoms with E-state index < -0.39 is 0 Å². The van der Waals surface area contributed by atoms with Crippen molar-refractivity contribution >= 4 is 45.5 Å². The number of benzene rings is 1. The SMILES string of the molecule is Clc1cc(Nc2cnc3ccccc3c2)c(Cl)nn1. The molecule has 19 heavy (non-hydrogen) atoms. The molecule has 2 aromatic heterocycles. The maximum Gasteiger partial charge on any atom is 0.175 e. The summed E-state index contributed by atoms with van der Waals surface area (Å²) in [7, 11) is 0. The van der Waals surface area contributed by atoms with Crippen molar-refractivity contribution in [2.45, 2.75) is 0 Å². The first kappa shape index (κ1) is 12.1.